The number of nitrogens with two attached hydrogens (primary N) is 1. The summed E-state index contributed by atoms with van der Waals surface area (Å²) in [6.45, 7) is 2.03. The highest BCUT2D eigenvalue weighted by molar-refractivity contribution is 5.69. The van der Waals surface area contributed by atoms with E-state index < -0.39 is 0 Å². The molecule has 0 bridgehead atoms. The molecule has 0 spiro atoms. The minimum Gasteiger partial charge on any atom is -0.397 e. The first-order valence-corrected chi connectivity index (χ1v) is 3.28. The number of nitrogen functional groups attached to an aromatic ring is 1. The lowest BCUT2D eigenvalue weighted by Crippen LogP contribution is -1.97. The Hall–Kier alpha value is -1.18. The van der Waals surface area contributed by atoms with Crippen molar-refractivity contribution in [3.8, 4) is 0 Å². The third kappa shape index (κ3) is 1.05. The molecule has 0 radical (unpaired) electrons. The smallest absolute Gasteiger partial charge is 0.0600 e. The molecule has 0 amide bonds. The Bertz CT molecular complexity index is 210. The standard InChI is InChI=1S/C8H12N2/c1-6-4-3-5-7(9)8(6)10-2/h3-5,10H,9H2,1-2H3. The van der Waals surface area contributed by atoms with Crippen molar-refractivity contribution in [2.45, 2.75) is 6.92 Å². The molecule has 2 heteroatoms. The Morgan fingerprint density at radius 3 is 2.50 bits per heavy atom. The molecule has 1 aromatic carbocycles. The summed E-state index contributed by atoms with van der Waals surface area (Å²) in [5, 5.41) is 3.04. The van der Waals surface area contributed by atoms with E-state index in [2.05, 4.69) is 5.32 Å². The average molecular weight is 136 g/mol. The topological polar surface area (TPSA) is 38.0 Å². The van der Waals surface area contributed by atoms with Crippen LogP contribution < -0.4 is 11.1 Å². The van der Waals surface area contributed by atoms with Gasteiger partial charge in [0.15, 0.2) is 0 Å². The van der Waals surface area contributed by atoms with Crippen molar-refractivity contribution in [3.63, 3.8) is 0 Å². The summed E-state index contributed by atoms with van der Waals surface area (Å²) in [7, 11) is 1.87. The van der Waals surface area contributed by atoms with Gasteiger partial charge in [-0.3, -0.25) is 0 Å². The van der Waals surface area contributed by atoms with E-state index in [1.54, 1.807) is 0 Å². The van der Waals surface area contributed by atoms with Crippen LogP contribution in [-0.4, -0.2) is 7.05 Å². The quantitative estimate of drug-likeness (QED) is 0.576. The predicted molar refractivity (Wildman–Crippen MR) is 45.1 cm³/mol. The van der Waals surface area contributed by atoms with Gasteiger partial charge in [0.05, 0.1) is 11.4 Å². The molecule has 1 rings (SSSR count). The monoisotopic (exact) mass is 136 g/mol. The summed E-state index contributed by atoms with van der Waals surface area (Å²) in [5.41, 5.74) is 8.69. The first-order chi connectivity index (χ1) is 4.75. The third-order valence-corrected chi connectivity index (χ3v) is 1.56. The van der Waals surface area contributed by atoms with Gasteiger partial charge in [0.25, 0.3) is 0 Å². The van der Waals surface area contributed by atoms with Gasteiger partial charge in [-0.25, -0.2) is 0 Å². The molecule has 0 fully saturated rings. The van der Waals surface area contributed by atoms with Crippen LogP contribution in [0.5, 0.6) is 0 Å². The molecule has 0 aromatic heterocycles. The molecule has 0 saturated heterocycles. The first kappa shape index (κ1) is 6.93. The fourth-order valence-electron chi connectivity index (χ4n) is 1.03. The summed E-state index contributed by atoms with van der Waals surface area (Å²) < 4.78 is 0. The van der Waals surface area contributed by atoms with Gasteiger partial charge in [-0.2, -0.15) is 0 Å². The summed E-state index contributed by atoms with van der Waals surface area (Å²) >= 11 is 0. The highest BCUT2D eigenvalue weighted by Crippen LogP contribution is 2.20. The van der Waals surface area contributed by atoms with Crippen molar-refractivity contribution < 1.29 is 0 Å². The van der Waals surface area contributed by atoms with Gasteiger partial charge in [0, 0.05) is 7.05 Å². The molecular weight excluding hydrogens is 124 g/mol. The van der Waals surface area contributed by atoms with Gasteiger partial charge in [-0.1, -0.05) is 12.1 Å². The van der Waals surface area contributed by atoms with Gasteiger partial charge in [-0.05, 0) is 18.6 Å². The molecule has 54 valence electrons. The summed E-state index contributed by atoms with van der Waals surface area (Å²) in [5.74, 6) is 0. The van der Waals surface area contributed by atoms with Crippen LogP contribution in [0.1, 0.15) is 5.56 Å². The van der Waals surface area contributed by atoms with Crippen LogP contribution in [-0.2, 0) is 0 Å². The molecule has 0 unspecified atom stereocenters. The SMILES string of the molecule is CNc1c(C)cccc1N. The van der Waals surface area contributed by atoms with Crippen molar-refractivity contribution in [1.29, 1.82) is 0 Å². The number of hydrogen-bond acceptors (Lipinski definition) is 2. The number of benzene rings is 1. The van der Waals surface area contributed by atoms with Crippen molar-refractivity contribution in [2.75, 3.05) is 18.1 Å². The van der Waals surface area contributed by atoms with E-state index in [4.69, 9.17) is 5.73 Å². The highest BCUT2D eigenvalue weighted by Gasteiger charge is 1.96. The molecule has 0 saturated carbocycles. The number of anilines is 2. The number of hydrogen-bond donors (Lipinski definition) is 2. The normalized spacial score (nSPS) is 9.40. The summed E-state index contributed by atoms with van der Waals surface area (Å²) in [6.07, 6.45) is 0. The fraction of sp³-hybridized carbons (Fsp3) is 0.250. The molecule has 3 N–H and O–H groups in total. The lowest BCUT2D eigenvalue weighted by molar-refractivity contribution is 1.41. The fourth-order valence-corrected chi connectivity index (χ4v) is 1.03. The van der Waals surface area contributed by atoms with Crippen LogP contribution >= 0.6 is 0 Å². The molecule has 0 atom stereocenters. The van der Waals surface area contributed by atoms with Crippen LogP contribution in [0.2, 0.25) is 0 Å². The van der Waals surface area contributed by atoms with E-state index in [0.29, 0.717) is 0 Å². The van der Waals surface area contributed by atoms with Gasteiger partial charge in [-0.15, -0.1) is 0 Å². The Labute approximate surface area is 61.1 Å². The predicted octanol–water partition coefficient (Wildman–Crippen LogP) is 1.62. The van der Waals surface area contributed by atoms with E-state index in [9.17, 15) is 0 Å². The zero-order valence-corrected chi connectivity index (χ0v) is 6.31. The van der Waals surface area contributed by atoms with Gasteiger partial charge in [0.2, 0.25) is 0 Å². The maximum atomic E-state index is 5.67. The van der Waals surface area contributed by atoms with E-state index >= 15 is 0 Å². The lowest BCUT2D eigenvalue weighted by atomic mass is 10.2. The minimum atomic E-state index is 0.808. The molecule has 0 aliphatic rings. The largest absolute Gasteiger partial charge is 0.397 e. The molecule has 0 aliphatic carbocycles. The Morgan fingerprint density at radius 2 is 2.10 bits per heavy atom. The van der Waals surface area contributed by atoms with E-state index in [0.717, 1.165) is 11.4 Å². The molecular formula is C8H12N2. The van der Waals surface area contributed by atoms with Crippen LogP contribution in [0.4, 0.5) is 11.4 Å². The maximum absolute atomic E-state index is 5.67. The van der Waals surface area contributed by atoms with Crippen molar-refractivity contribution >= 4 is 11.4 Å². The Kier molecular flexibility index (Phi) is 1.81. The summed E-state index contributed by atoms with van der Waals surface area (Å²) in [4.78, 5) is 0. The molecule has 1 aromatic rings. The Balaban J connectivity index is 3.17. The van der Waals surface area contributed by atoms with Crippen LogP contribution in [0, 0.1) is 6.92 Å². The summed E-state index contributed by atoms with van der Waals surface area (Å²) in [6, 6.07) is 5.87. The van der Waals surface area contributed by atoms with Gasteiger partial charge >= 0.3 is 0 Å². The molecule has 10 heavy (non-hydrogen) atoms. The van der Waals surface area contributed by atoms with Crippen molar-refractivity contribution in [2.24, 2.45) is 0 Å². The Morgan fingerprint density at radius 1 is 1.40 bits per heavy atom. The van der Waals surface area contributed by atoms with Gasteiger partial charge < -0.3 is 11.1 Å². The van der Waals surface area contributed by atoms with Crippen LogP contribution in [0.25, 0.3) is 0 Å². The van der Waals surface area contributed by atoms with Crippen molar-refractivity contribution in [1.82, 2.24) is 0 Å². The van der Waals surface area contributed by atoms with E-state index in [1.165, 1.54) is 5.56 Å². The maximum Gasteiger partial charge on any atom is 0.0600 e. The molecule has 0 aliphatic heterocycles. The molecule has 0 heterocycles. The second kappa shape index (κ2) is 2.60. The van der Waals surface area contributed by atoms with E-state index in [-0.39, 0.29) is 0 Å². The highest BCUT2D eigenvalue weighted by atomic mass is 14.9. The van der Waals surface area contributed by atoms with Crippen molar-refractivity contribution in [3.05, 3.63) is 23.8 Å². The number of aryl methyl sites for hydroxylation is 1. The molecule has 2 nitrogen and oxygen atoms in total. The minimum absolute atomic E-state index is 0.808. The zero-order valence-electron chi connectivity index (χ0n) is 6.31. The number of para-hydroxylation sites is 1. The second-order valence-corrected chi connectivity index (χ2v) is 2.29. The average Bonchev–Trinajstić information content (AvgIpc) is 1.88. The zero-order chi connectivity index (χ0) is 7.56. The number of nitrogens with one attached hydrogen (secondary N) is 1. The van der Waals surface area contributed by atoms with Gasteiger partial charge in [0.1, 0.15) is 0 Å². The van der Waals surface area contributed by atoms with Crippen LogP contribution in [0.15, 0.2) is 18.2 Å². The first-order valence-electron chi connectivity index (χ1n) is 3.28. The van der Waals surface area contributed by atoms with E-state index in [1.807, 2.05) is 32.2 Å². The second-order valence-electron chi connectivity index (χ2n) is 2.29. The lowest BCUT2D eigenvalue weighted by Gasteiger charge is -2.06. The van der Waals surface area contributed by atoms with Crippen LogP contribution in [0.3, 0.4) is 0 Å². The third-order valence-electron chi connectivity index (χ3n) is 1.56. The number of rotatable bonds is 1.